The van der Waals surface area contributed by atoms with Crippen molar-refractivity contribution in [3.05, 3.63) is 26.2 Å². The Balaban J connectivity index is 2.32. The molecule has 1 aliphatic rings. The van der Waals surface area contributed by atoms with Crippen molar-refractivity contribution in [2.75, 3.05) is 20.3 Å². The fourth-order valence-corrected chi connectivity index (χ4v) is 4.13. The molecule has 1 heterocycles. The molecule has 0 radical (unpaired) electrons. The van der Waals surface area contributed by atoms with E-state index in [1.54, 1.807) is 19.1 Å². The number of benzene rings is 1. The Labute approximate surface area is 175 Å². The fourth-order valence-electron chi connectivity index (χ4n) is 2.44. The molecule has 0 unspecified atom stereocenters. The lowest BCUT2D eigenvalue weighted by atomic mass is 10.1. The maximum Gasteiger partial charge on any atom is 0.329 e. The average molecular weight is 505 g/mol. The van der Waals surface area contributed by atoms with Crippen LogP contribution in [0.15, 0.2) is 17.0 Å². The number of halogens is 1. The molecule has 0 bridgehead atoms. The van der Waals surface area contributed by atoms with Gasteiger partial charge in [-0.05, 0) is 78.9 Å². The Morgan fingerprint density at radius 3 is 2.59 bits per heavy atom. The summed E-state index contributed by atoms with van der Waals surface area (Å²) in [5.74, 6) is 0.0302. The molecule has 146 valence electrons. The SMILES string of the molecule is CCOC(=O)[C@@H](C)N1C(=O)S/C(=C\c2cc(I)c(OCC)c(OC)c2)C1=O. The third-order valence-corrected chi connectivity index (χ3v) is 5.36. The third kappa shape index (κ3) is 4.75. The average Bonchev–Trinajstić information content (AvgIpc) is 2.90. The molecule has 1 saturated heterocycles. The van der Waals surface area contributed by atoms with Gasteiger partial charge in [-0.25, -0.2) is 4.79 Å². The minimum Gasteiger partial charge on any atom is -0.493 e. The highest BCUT2D eigenvalue weighted by Gasteiger charge is 2.41. The molecule has 9 heteroatoms. The monoisotopic (exact) mass is 505 g/mol. The van der Waals surface area contributed by atoms with Crippen molar-refractivity contribution in [1.82, 2.24) is 4.90 Å². The van der Waals surface area contributed by atoms with Gasteiger partial charge < -0.3 is 14.2 Å². The number of hydrogen-bond donors (Lipinski definition) is 0. The van der Waals surface area contributed by atoms with E-state index in [0.29, 0.717) is 23.7 Å². The highest BCUT2D eigenvalue weighted by molar-refractivity contribution is 14.1. The van der Waals surface area contributed by atoms with E-state index >= 15 is 0 Å². The highest BCUT2D eigenvalue weighted by atomic mass is 127. The predicted octanol–water partition coefficient (Wildman–Crippen LogP) is 3.69. The van der Waals surface area contributed by atoms with Gasteiger partial charge in [0.1, 0.15) is 6.04 Å². The molecule has 0 aromatic heterocycles. The summed E-state index contributed by atoms with van der Waals surface area (Å²) in [7, 11) is 1.53. The van der Waals surface area contributed by atoms with E-state index in [4.69, 9.17) is 14.2 Å². The third-order valence-electron chi connectivity index (χ3n) is 3.68. The maximum atomic E-state index is 12.6. The van der Waals surface area contributed by atoms with E-state index in [2.05, 4.69) is 22.6 Å². The zero-order valence-electron chi connectivity index (χ0n) is 15.4. The van der Waals surface area contributed by atoms with Crippen molar-refractivity contribution in [3.63, 3.8) is 0 Å². The summed E-state index contributed by atoms with van der Waals surface area (Å²) in [6, 6.07) is 2.59. The molecule has 1 aromatic rings. The molecular weight excluding hydrogens is 485 g/mol. The normalized spacial score (nSPS) is 16.6. The summed E-state index contributed by atoms with van der Waals surface area (Å²) >= 11 is 2.91. The number of nitrogens with zero attached hydrogens (tertiary/aromatic N) is 1. The van der Waals surface area contributed by atoms with Gasteiger partial charge in [0.25, 0.3) is 11.1 Å². The van der Waals surface area contributed by atoms with Gasteiger partial charge in [0, 0.05) is 0 Å². The first kappa shape index (κ1) is 21.5. The van der Waals surface area contributed by atoms with Crippen LogP contribution in [0.2, 0.25) is 0 Å². The van der Waals surface area contributed by atoms with Gasteiger partial charge in [-0.3, -0.25) is 14.5 Å². The van der Waals surface area contributed by atoms with Crippen LogP contribution in [0.1, 0.15) is 26.3 Å². The molecule has 0 spiro atoms. The van der Waals surface area contributed by atoms with Gasteiger partial charge in [-0.15, -0.1) is 0 Å². The Kier molecular flexibility index (Phi) is 7.54. The van der Waals surface area contributed by atoms with Crippen molar-refractivity contribution < 1.29 is 28.6 Å². The number of carbonyl (C=O) groups excluding carboxylic acids is 3. The van der Waals surface area contributed by atoms with Gasteiger partial charge >= 0.3 is 5.97 Å². The number of rotatable bonds is 7. The first-order chi connectivity index (χ1) is 12.8. The topological polar surface area (TPSA) is 82.1 Å². The molecule has 0 saturated carbocycles. The number of ether oxygens (including phenoxy) is 3. The van der Waals surface area contributed by atoms with Crippen LogP contribution in [0.25, 0.3) is 6.08 Å². The fraction of sp³-hybridized carbons (Fsp3) is 0.389. The van der Waals surface area contributed by atoms with Gasteiger partial charge in [0.15, 0.2) is 11.5 Å². The lowest BCUT2D eigenvalue weighted by Crippen LogP contribution is -2.42. The van der Waals surface area contributed by atoms with Crippen LogP contribution >= 0.6 is 34.4 Å². The van der Waals surface area contributed by atoms with Gasteiger partial charge in [0.05, 0.1) is 28.8 Å². The maximum absolute atomic E-state index is 12.6. The lowest BCUT2D eigenvalue weighted by Gasteiger charge is -2.19. The molecule has 2 amide bonds. The quantitative estimate of drug-likeness (QED) is 0.318. The number of imide groups is 1. The lowest BCUT2D eigenvalue weighted by molar-refractivity contribution is -0.150. The van der Waals surface area contributed by atoms with Crippen LogP contribution in [0, 0.1) is 3.57 Å². The second-order valence-corrected chi connectivity index (χ2v) is 7.60. The van der Waals surface area contributed by atoms with E-state index in [1.165, 1.54) is 14.0 Å². The first-order valence-electron chi connectivity index (χ1n) is 8.28. The number of hydrogen-bond acceptors (Lipinski definition) is 7. The standard InChI is InChI=1S/C18H20INO6S/c1-5-25-15-12(19)7-11(8-13(15)24-4)9-14-16(21)20(18(23)27-14)10(3)17(22)26-6-2/h7-10H,5-6H2,1-4H3/b14-9-/t10-/m1/s1. The number of amides is 2. The molecule has 2 rings (SSSR count). The molecule has 27 heavy (non-hydrogen) atoms. The highest BCUT2D eigenvalue weighted by Crippen LogP contribution is 2.37. The van der Waals surface area contributed by atoms with Gasteiger partial charge in [-0.2, -0.15) is 0 Å². The van der Waals surface area contributed by atoms with E-state index in [1.807, 2.05) is 13.0 Å². The summed E-state index contributed by atoms with van der Waals surface area (Å²) in [6.07, 6.45) is 1.60. The Bertz CT molecular complexity index is 794. The van der Waals surface area contributed by atoms with Crippen molar-refractivity contribution >= 4 is 57.5 Å². The second kappa shape index (κ2) is 9.45. The van der Waals surface area contributed by atoms with Crippen LogP contribution in [0.4, 0.5) is 4.79 Å². The molecule has 7 nitrogen and oxygen atoms in total. The Morgan fingerprint density at radius 1 is 1.30 bits per heavy atom. The van der Waals surface area contributed by atoms with Gasteiger partial charge in [0.2, 0.25) is 0 Å². The largest absolute Gasteiger partial charge is 0.493 e. The van der Waals surface area contributed by atoms with E-state index in [0.717, 1.165) is 20.2 Å². The van der Waals surface area contributed by atoms with Crippen molar-refractivity contribution in [1.29, 1.82) is 0 Å². The van der Waals surface area contributed by atoms with E-state index < -0.39 is 23.2 Å². The number of esters is 1. The Morgan fingerprint density at radius 2 is 2.00 bits per heavy atom. The van der Waals surface area contributed by atoms with Crippen LogP contribution in [-0.2, 0) is 14.3 Å². The minimum absolute atomic E-state index is 0.180. The van der Waals surface area contributed by atoms with Crippen molar-refractivity contribution in [2.24, 2.45) is 0 Å². The minimum atomic E-state index is -0.974. The second-order valence-electron chi connectivity index (χ2n) is 5.45. The summed E-state index contributed by atoms with van der Waals surface area (Å²) in [5, 5.41) is -0.501. The van der Waals surface area contributed by atoms with Crippen molar-refractivity contribution in [3.8, 4) is 11.5 Å². The molecule has 0 N–H and O–H groups in total. The number of thioether (sulfide) groups is 1. The van der Waals surface area contributed by atoms with Crippen LogP contribution in [0.5, 0.6) is 11.5 Å². The number of methoxy groups -OCH3 is 1. The van der Waals surface area contributed by atoms with Crippen molar-refractivity contribution in [2.45, 2.75) is 26.8 Å². The molecule has 0 aliphatic carbocycles. The zero-order valence-corrected chi connectivity index (χ0v) is 18.4. The number of carbonyl (C=O) groups is 3. The zero-order chi connectivity index (χ0) is 20.1. The summed E-state index contributed by atoms with van der Waals surface area (Å²) in [4.78, 5) is 37.9. The van der Waals surface area contributed by atoms with Crippen LogP contribution in [-0.4, -0.2) is 48.4 Å². The molecule has 1 fully saturated rings. The summed E-state index contributed by atoms with van der Waals surface area (Å²) < 4.78 is 16.7. The Hall–Kier alpha value is -1.75. The van der Waals surface area contributed by atoms with Crippen LogP contribution in [0.3, 0.4) is 0 Å². The molecule has 1 aromatic carbocycles. The predicted molar refractivity (Wildman–Crippen MR) is 111 cm³/mol. The summed E-state index contributed by atoms with van der Waals surface area (Å²) in [5.41, 5.74) is 0.689. The molecule has 1 atom stereocenters. The molecular formula is C18H20INO6S. The van der Waals surface area contributed by atoms with E-state index in [-0.39, 0.29) is 11.5 Å². The molecule has 1 aliphatic heterocycles. The first-order valence-corrected chi connectivity index (χ1v) is 10.2. The van der Waals surface area contributed by atoms with Crippen LogP contribution < -0.4 is 9.47 Å². The van der Waals surface area contributed by atoms with E-state index in [9.17, 15) is 14.4 Å². The smallest absolute Gasteiger partial charge is 0.329 e. The summed E-state index contributed by atoms with van der Waals surface area (Å²) in [6.45, 7) is 5.69. The van der Waals surface area contributed by atoms with Gasteiger partial charge in [-0.1, -0.05) is 0 Å².